The van der Waals surface area contributed by atoms with Gasteiger partial charge in [-0.1, -0.05) is 18.2 Å². The van der Waals surface area contributed by atoms with E-state index in [1.54, 1.807) is 49.7 Å². The largest absolute Gasteiger partial charge is 0.381 e. The molecule has 134 valence electrons. The number of fused-ring (bicyclic) bond motifs is 3. The molecule has 0 radical (unpaired) electrons. The molecule has 0 aliphatic rings. The predicted molar refractivity (Wildman–Crippen MR) is 98.6 cm³/mol. The number of hydrogen-bond donors (Lipinski definition) is 1. The van der Waals surface area contributed by atoms with Crippen molar-refractivity contribution in [2.45, 2.75) is 24.3 Å². The third-order valence-corrected chi connectivity index (χ3v) is 6.05. The van der Waals surface area contributed by atoms with Crippen LogP contribution in [0.2, 0.25) is 0 Å². The Hall–Kier alpha value is -2.71. The summed E-state index contributed by atoms with van der Waals surface area (Å²) in [5, 5.41) is 0.714. The average molecular weight is 370 g/mol. The van der Waals surface area contributed by atoms with Crippen LogP contribution in [0.1, 0.15) is 12.7 Å². The molecule has 3 heterocycles. The summed E-state index contributed by atoms with van der Waals surface area (Å²) in [6.07, 6.45) is 3.78. The number of ether oxygens (including phenoxy) is 1. The third kappa shape index (κ3) is 2.67. The fraction of sp³-hybridized carbons (Fsp3) is 0.222. The van der Waals surface area contributed by atoms with E-state index in [0.717, 1.165) is 11.3 Å². The summed E-state index contributed by atoms with van der Waals surface area (Å²) in [6, 6.07) is 10.1. The Morgan fingerprint density at radius 1 is 1.23 bits per heavy atom. The van der Waals surface area contributed by atoms with Gasteiger partial charge in [0.15, 0.2) is 5.65 Å². The lowest BCUT2D eigenvalue weighted by atomic mass is 10.3. The first-order valence-electron chi connectivity index (χ1n) is 8.19. The number of benzene rings is 1. The minimum absolute atomic E-state index is 0.0297. The standard InChI is InChI=1S/C18H18N4O3S/c1-12(25-2)10-16-20-15-11-19-18-14(17(15)21-16)8-9-22(18)26(23,24)13-6-4-3-5-7-13/h3-9,11-12H,10H2,1-2H3,(H,20,21). The number of aromatic amines is 1. The van der Waals surface area contributed by atoms with Crippen molar-refractivity contribution in [2.75, 3.05) is 7.11 Å². The molecular weight excluding hydrogens is 352 g/mol. The lowest BCUT2D eigenvalue weighted by molar-refractivity contribution is 0.117. The molecule has 4 rings (SSSR count). The van der Waals surface area contributed by atoms with E-state index in [1.165, 1.54) is 10.2 Å². The van der Waals surface area contributed by atoms with Gasteiger partial charge in [-0.15, -0.1) is 0 Å². The molecule has 1 atom stereocenters. The van der Waals surface area contributed by atoms with E-state index in [-0.39, 0.29) is 11.0 Å². The van der Waals surface area contributed by atoms with Crippen LogP contribution in [0, 0.1) is 0 Å². The molecular formula is C18H18N4O3S. The van der Waals surface area contributed by atoms with E-state index in [0.29, 0.717) is 23.0 Å². The summed E-state index contributed by atoms with van der Waals surface area (Å²) in [6.45, 7) is 1.96. The van der Waals surface area contributed by atoms with E-state index in [9.17, 15) is 8.42 Å². The van der Waals surface area contributed by atoms with Crippen LogP contribution in [-0.4, -0.2) is 40.6 Å². The Kier molecular flexibility index (Phi) is 4.01. The van der Waals surface area contributed by atoms with Crippen LogP contribution in [0.5, 0.6) is 0 Å². The summed E-state index contributed by atoms with van der Waals surface area (Å²) in [7, 11) is -2.05. The maximum atomic E-state index is 12.9. The molecule has 1 N–H and O–H groups in total. The molecule has 0 aliphatic heterocycles. The van der Waals surface area contributed by atoms with Gasteiger partial charge >= 0.3 is 0 Å². The van der Waals surface area contributed by atoms with Gasteiger partial charge in [0.1, 0.15) is 11.3 Å². The minimum Gasteiger partial charge on any atom is -0.381 e. The summed E-state index contributed by atoms with van der Waals surface area (Å²) in [5.74, 6) is 0.780. The monoisotopic (exact) mass is 370 g/mol. The van der Waals surface area contributed by atoms with E-state index >= 15 is 0 Å². The smallest absolute Gasteiger partial charge is 0.269 e. The van der Waals surface area contributed by atoms with Gasteiger partial charge in [-0.2, -0.15) is 0 Å². The van der Waals surface area contributed by atoms with Gasteiger partial charge < -0.3 is 9.72 Å². The Labute approximate surface area is 150 Å². The second-order valence-electron chi connectivity index (χ2n) is 6.12. The molecule has 1 aromatic carbocycles. The number of methoxy groups -OCH3 is 1. The van der Waals surface area contributed by atoms with Crippen molar-refractivity contribution in [2.24, 2.45) is 0 Å². The molecule has 0 saturated carbocycles. The van der Waals surface area contributed by atoms with Gasteiger partial charge in [0.05, 0.1) is 22.7 Å². The number of hydrogen-bond acceptors (Lipinski definition) is 5. The summed E-state index contributed by atoms with van der Waals surface area (Å²) in [5.41, 5.74) is 1.84. The first kappa shape index (κ1) is 16.7. The number of pyridine rings is 1. The van der Waals surface area contributed by atoms with Crippen LogP contribution >= 0.6 is 0 Å². The number of imidazole rings is 1. The first-order chi connectivity index (χ1) is 12.5. The van der Waals surface area contributed by atoms with Gasteiger partial charge in [-0.3, -0.25) is 0 Å². The average Bonchev–Trinajstić information content (AvgIpc) is 3.25. The summed E-state index contributed by atoms with van der Waals surface area (Å²) in [4.78, 5) is 12.4. The van der Waals surface area contributed by atoms with E-state index in [1.807, 2.05) is 6.92 Å². The Bertz CT molecular complexity index is 1180. The number of rotatable bonds is 5. The van der Waals surface area contributed by atoms with Crippen LogP contribution < -0.4 is 0 Å². The normalized spacial score (nSPS) is 13.5. The van der Waals surface area contributed by atoms with Gasteiger partial charge in [0, 0.05) is 25.1 Å². The lowest BCUT2D eigenvalue weighted by Crippen LogP contribution is -2.12. The maximum Gasteiger partial charge on any atom is 0.269 e. The molecule has 4 aromatic rings. The molecule has 0 fully saturated rings. The summed E-state index contributed by atoms with van der Waals surface area (Å²) < 4.78 is 32.3. The van der Waals surface area contributed by atoms with Crippen molar-refractivity contribution in [3.63, 3.8) is 0 Å². The van der Waals surface area contributed by atoms with Gasteiger partial charge in [0.25, 0.3) is 10.0 Å². The zero-order valence-electron chi connectivity index (χ0n) is 14.4. The van der Waals surface area contributed by atoms with Gasteiger partial charge in [0.2, 0.25) is 0 Å². The minimum atomic E-state index is -3.71. The zero-order valence-corrected chi connectivity index (χ0v) is 15.2. The lowest BCUT2D eigenvalue weighted by Gasteiger charge is -2.06. The van der Waals surface area contributed by atoms with Crippen molar-refractivity contribution in [3.8, 4) is 0 Å². The third-order valence-electron chi connectivity index (χ3n) is 4.37. The van der Waals surface area contributed by atoms with Crippen LogP contribution in [0.25, 0.3) is 22.1 Å². The highest BCUT2D eigenvalue weighted by Gasteiger charge is 2.21. The molecule has 7 nitrogen and oxygen atoms in total. The fourth-order valence-corrected chi connectivity index (χ4v) is 4.26. The second kappa shape index (κ2) is 6.22. The summed E-state index contributed by atoms with van der Waals surface area (Å²) >= 11 is 0. The molecule has 0 spiro atoms. The predicted octanol–water partition coefficient (Wildman–Crippen LogP) is 2.73. The highest BCUT2D eigenvalue weighted by atomic mass is 32.2. The molecule has 1 unspecified atom stereocenters. The molecule has 0 amide bonds. The molecule has 8 heteroatoms. The Morgan fingerprint density at radius 3 is 2.73 bits per heavy atom. The fourth-order valence-electron chi connectivity index (χ4n) is 2.94. The highest BCUT2D eigenvalue weighted by Crippen LogP contribution is 2.26. The zero-order chi connectivity index (χ0) is 18.3. The van der Waals surface area contributed by atoms with E-state index in [2.05, 4.69) is 15.0 Å². The Balaban J connectivity index is 1.86. The SMILES string of the molecule is COC(C)Cc1nc2cnc3c(ccn3S(=O)(=O)c3ccccc3)c2[nH]1. The van der Waals surface area contributed by atoms with Crippen molar-refractivity contribution in [3.05, 3.63) is 54.6 Å². The number of nitrogens with zero attached hydrogens (tertiary/aromatic N) is 3. The molecule has 26 heavy (non-hydrogen) atoms. The number of aromatic nitrogens is 4. The van der Waals surface area contributed by atoms with E-state index in [4.69, 9.17) is 4.74 Å². The molecule has 0 aliphatic carbocycles. The van der Waals surface area contributed by atoms with Crippen LogP contribution in [0.4, 0.5) is 0 Å². The van der Waals surface area contributed by atoms with Crippen LogP contribution in [-0.2, 0) is 21.2 Å². The van der Waals surface area contributed by atoms with Gasteiger partial charge in [-0.05, 0) is 25.1 Å². The highest BCUT2D eigenvalue weighted by molar-refractivity contribution is 7.90. The van der Waals surface area contributed by atoms with Gasteiger partial charge in [-0.25, -0.2) is 22.4 Å². The number of H-pyrrole nitrogens is 1. The number of nitrogens with one attached hydrogen (secondary N) is 1. The molecule has 0 saturated heterocycles. The van der Waals surface area contributed by atoms with Crippen molar-refractivity contribution < 1.29 is 13.2 Å². The van der Waals surface area contributed by atoms with Crippen molar-refractivity contribution in [1.29, 1.82) is 0 Å². The van der Waals surface area contributed by atoms with Crippen molar-refractivity contribution in [1.82, 2.24) is 18.9 Å². The van der Waals surface area contributed by atoms with Crippen LogP contribution in [0.3, 0.4) is 0 Å². The molecule has 0 bridgehead atoms. The first-order valence-corrected chi connectivity index (χ1v) is 9.63. The maximum absolute atomic E-state index is 12.9. The van der Waals surface area contributed by atoms with Crippen molar-refractivity contribution >= 4 is 32.1 Å². The quantitative estimate of drug-likeness (QED) is 0.583. The van der Waals surface area contributed by atoms with E-state index < -0.39 is 10.0 Å². The second-order valence-corrected chi connectivity index (χ2v) is 7.93. The molecule has 3 aromatic heterocycles. The topological polar surface area (TPSA) is 89.9 Å². The Morgan fingerprint density at radius 2 is 2.00 bits per heavy atom. The van der Waals surface area contributed by atoms with Crippen LogP contribution in [0.15, 0.2) is 53.7 Å².